The molecule has 1 fully saturated rings. The zero-order valence-electron chi connectivity index (χ0n) is 17.3. The number of anilines is 1. The van der Waals surface area contributed by atoms with E-state index in [2.05, 4.69) is 25.1 Å². The fraction of sp³-hybridized carbons (Fsp3) is 0.286. The third kappa shape index (κ3) is 6.15. The summed E-state index contributed by atoms with van der Waals surface area (Å²) >= 11 is 0. The first-order valence-corrected chi connectivity index (χ1v) is 10.00. The number of rotatable bonds is 6. The van der Waals surface area contributed by atoms with Gasteiger partial charge in [0.25, 0.3) is 5.69 Å². The van der Waals surface area contributed by atoms with E-state index in [1.54, 1.807) is 36.9 Å². The topological polar surface area (TPSA) is 113 Å². The predicted octanol–water partition coefficient (Wildman–Crippen LogP) is 3.06. The highest BCUT2D eigenvalue weighted by molar-refractivity contribution is 14.0. The number of hydrogen-bond acceptors (Lipinski definition) is 7. The molecule has 0 atom stereocenters. The van der Waals surface area contributed by atoms with Gasteiger partial charge in [-0.1, -0.05) is 12.1 Å². The van der Waals surface area contributed by atoms with Crippen molar-refractivity contribution in [2.75, 3.05) is 31.1 Å². The molecular formula is C21H24IN7O3. The maximum atomic E-state index is 10.9. The number of guanidine groups is 1. The first-order valence-electron chi connectivity index (χ1n) is 10.00. The van der Waals surface area contributed by atoms with E-state index in [0.717, 1.165) is 49.4 Å². The highest BCUT2D eigenvalue weighted by atomic mass is 127. The summed E-state index contributed by atoms with van der Waals surface area (Å²) in [5.74, 6) is 2.32. The molecule has 0 aliphatic carbocycles. The molecule has 1 N–H and O–H groups in total. The smallest absolute Gasteiger partial charge is 0.269 e. The molecule has 1 saturated heterocycles. The number of aromatic nitrogens is 2. The third-order valence-electron chi connectivity index (χ3n) is 4.97. The van der Waals surface area contributed by atoms with Crippen LogP contribution in [0.4, 0.5) is 11.6 Å². The molecule has 1 aliphatic rings. The molecule has 10 nitrogen and oxygen atoms in total. The van der Waals surface area contributed by atoms with E-state index < -0.39 is 4.92 Å². The molecule has 2 aromatic heterocycles. The third-order valence-corrected chi connectivity index (χ3v) is 4.97. The van der Waals surface area contributed by atoms with Gasteiger partial charge in [0.05, 0.1) is 24.3 Å². The number of aliphatic imine (C=N–C) groups is 1. The van der Waals surface area contributed by atoms with Crippen molar-refractivity contribution in [3.8, 4) is 0 Å². The van der Waals surface area contributed by atoms with Crippen LogP contribution in [0, 0.1) is 10.1 Å². The average molecular weight is 549 g/mol. The Morgan fingerprint density at radius 1 is 1.09 bits per heavy atom. The Bertz CT molecular complexity index is 1010. The van der Waals surface area contributed by atoms with E-state index in [9.17, 15) is 10.1 Å². The number of nitrogens with one attached hydrogen (secondary N) is 1. The second kappa shape index (κ2) is 11.4. The summed E-state index contributed by atoms with van der Waals surface area (Å²) in [6.07, 6.45) is 5.14. The zero-order chi connectivity index (χ0) is 21.5. The molecule has 0 radical (unpaired) electrons. The molecule has 0 unspecified atom stereocenters. The van der Waals surface area contributed by atoms with E-state index >= 15 is 0 Å². The first-order chi connectivity index (χ1) is 15.2. The first kappa shape index (κ1) is 23.4. The minimum atomic E-state index is -0.403. The summed E-state index contributed by atoms with van der Waals surface area (Å²) in [6.45, 7) is 4.03. The second-order valence-corrected chi connectivity index (χ2v) is 7.02. The maximum Gasteiger partial charge on any atom is 0.269 e. The SMILES string of the molecule is I.O=[N+]([O-])c1ccc(CN=C(NCc2ccco2)N2CCN(c3ncccn3)CC2)cc1. The van der Waals surface area contributed by atoms with Gasteiger partial charge in [-0.15, -0.1) is 24.0 Å². The van der Waals surface area contributed by atoms with Crippen LogP contribution in [0.5, 0.6) is 0 Å². The summed E-state index contributed by atoms with van der Waals surface area (Å²) in [5.41, 5.74) is 0.974. The fourth-order valence-corrected chi connectivity index (χ4v) is 3.31. The zero-order valence-corrected chi connectivity index (χ0v) is 19.7. The Balaban J connectivity index is 0.00000289. The van der Waals surface area contributed by atoms with Crippen molar-refractivity contribution in [2.45, 2.75) is 13.1 Å². The number of benzene rings is 1. The van der Waals surface area contributed by atoms with Gasteiger partial charge in [0.1, 0.15) is 5.76 Å². The van der Waals surface area contributed by atoms with Crippen molar-refractivity contribution in [1.29, 1.82) is 0 Å². The van der Waals surface area contributed by atoms with Crippen LogP contribution in [0.3, 0.4) is 0 Å². The Labute approximate surface area is 202 Å². The summed E-state index contributed by atoms with van der Waals surface area (Å²) in [4.78, 5) is 28.2. The Hall–Kier alpha value is -3.22. The lowest BCUT2D eigenvalue weighted by Crippen LogP contribution is -2.52. The lowest BCUT2D eigenvalue weighted by atomic mass is 10.2. The minimum absolute atomic E-state index is 0. The Kier molecular flexibility index (Phi) is 8.36. The van der Waals surface area contributed by atoms with Gasteiger partial charge in [-0.3, -0.25) is 10.1 Å². The molecule has 0 spiro atoms. The number of piperazine rings is 1. The summed E-state index contributed by atoms with van der Waals surface area (Å²) in [5, 5.41) is 14.2. The van der Waals surface area contributed by atoms with Crippen LogP contribution in [-0.2, 0) is 13.1 Å². The predicted molar refractivity (Wildman–Crippen MR) is 131 cm³/mol. The molecule has 3 heterocycles. The molecule has 0 bridgehead atoms. The molecule has 168 valence electrons. The number of nitro groups is 1. The van der Waals surface area contributed by atoms with Gasteiger partial charge >= 0.3 is 0 Å². The standard InChI is InChI=1S/C21H23N7O3.HI/c29-28(30)18-6-4-17(5-7-18)15-24-21(25-16-19-3-1-14-31-19)27-12-10-26(11-13-27)20-22-8-2-9-23-20;/h1-9,14H,10-13,15-16H2,(H,24,25);1H. The van der Waals surface area contributed by atoms with Gasteiger partial charge in [-0.05, 0) is 23.8 Å². The number of nitrogens with zero attached hydrogens (tertiary/aromatic N) is 6. The number of furan rings is 1. The Morgan fingerprint density at radius 2 is 1.81 bits per heavy atom. The number of halogens is 1. The van der Waals surface area contributed by atoms with Crippen LogP contribution in [-0.4, -0.2) is 51.9 Å². The van der Waals surface area contributed by atoms with E-state index in [1.165, 1.54) is 12.1 Å². The van der Waals surface area contributed by atoms with Gasteiger partial charge in [0.2, 0.25) is 5.95 Å². The van der Waals surface area contributed by atoms with Gasteiger partial charge < -0.3 is 19.5 Å². The summed E-state index contributed by atoms with van der Waals surface area (Å²) < 4.78 is 5.42. The van der Waals surface area contributed by atoms with E-state index in [0.29, 0.717) is 13.1 Å². The van der Waals surface area contributed by atoms with Crippen LogP contribution < -0.4 is 10.2 Å². The van der Waals surface area contributed by atoms with Gasteiger partial charge in [-0.25, -0.2) is 15.0 Å². The van der Waals surface area contributed by atoms with Crippen LogP contribution >= 0.6 is 24.0 Å². The molecule has 1 aromatic carbocycles. The molecule has 1 aliphatic heterocycles. The van der Waals surface area contributed by atoms with Gasteiger partial charge in [0.15, 0.2) is 5.96 Å². The van der Waals surface area contributed by atoms with E-state index in [4.69, 9.17) is 9.41 Å². The average Bonchev–Trinajstić information content (AvgIpc) is 3.34. The van der Waals surface area contributed by atoms with Crippen LogP contribution in [0.15, 0.2) is 70.5 Å². The minimum Gasteiger partial charge on any atom is -0.467 e. The molecule has 4 rings (SSSR count). The number of nitro benzene ring substituents is 1. The number of non-ortho nitro benzene ring substituents is 1. The van der Waals surface area contributed by atoms with E-state index in [1.807, 2.05) is 12.1 Å². The molecule has 3 aromatic rings. The normalized spacial score (nSPS) is 14.1. The van der Waals surface area contributed by atoms with Crippen LogP contribution in [0.2, 0.25) is 0 Å². The lowest BCUT2D eigenvalue weighted by Gasteiger charge is -2.36. The molecular weight excluding hydrogens is 525 g/mol. The van der Waals surface area contributed by atoms with Crippen molar-refractivity contribution >= 4 is 41.6 Å². The van der Waals surface area contributed by atoms with Gasteiger partial charge in [-0.2, -0.15) is 0 Å². The second-order valence-electron chi connectivity index (χ2n) is 7.02. The monoisotopic (exact) mass is 549 g/mol. The van der Waals surface area contributed by atoms with Crippen molar-refractivity contribution < 1.29 is 9.34 Å². The van der Waals surface area contributed by atoms with Crippen molar-refractivity contribution in [3.05, 3.63) is 82.6 Å². The number of hydrogen-bond donors (Lipinski definition) is 1. The molecule has 0 amide bonds. The van der Waals surface area contributed by atoms with Crippen LogP contribution in [0.25, 0.3) is 0 Å². The summed E-state index contributed by atoms with van der Waals surface area (Å²) in [6, 6.07) is 12.0. The van der Waals surface area contributed by atoms with Crippen molar-refractivity contribution in [3.63, 3.8) is 0 Å². The van der Waals surface area contributed by atoms with Gasteiger partial charge in [0, 0.05) is 50.7 Å². The largest absolute Gasteiger partial charge is 0.467 e. The molecule has 11 heteroatoms. The highest BCUT2D eigenvalue weighted by Gasteiger charge is 2.21. The fourth-order valence-electron chi connectivity index (χ4n) is 3.31. The highest BCUT2D eigenvalue weighted by Crippen LogP contribution is 2.14. The lowest BCUT2D eigenvalue weighted by molar-refractivity contribution is -0.384. The molecule has 0 saturated carbocycles. The van der Waals surface area contributed by atoms with Crippen LogP contribution in [0.1, 0.15) is 11.3 Å². The van der Waals surface area contributed by atoms with E-state index in [-0.39, 0.29) is 29.7 Å². The van der Waals surface area contributed by atoms with Crippen molar-refractivity contribution in [1.82, 2.24) is 20.2 Å². The summed E-state index contributed by atoms with van der Waals surface area (Å²) in [7, 11) is 0. The molecule has 32 heavy (non-hydrogen) atoms. The van der Waals surface area contributed by atoms with Crippen molar-refractivity contribution in [2.24, 2.45) is 4.99 Å². The quantitative estimate of drug-likeness (QED) is 0.164. The Morgan fingerprint density at radius 3 is 2.44 bits per heavy atom. The maximum absolute atomic E-state index is 10.9.